The van der Waals surface area contributed by atoms with Crippen molar-refractivity contribution in [1.29, 1.82) is 0 Å². The van der Waals surface area contributed by atoms with Gasteiger partial charge in [-0.2, -0.15) is 0 Å². The molecular formula is C12H12ClF2N. The number of halogens is 3. The average Bonchev–Trinajstić information content (AvgIpc) is 2.31. The van der Waals surface area contributed by atoms with Gasteiger partial charge >= 0.3 is 0 Å². The number of rotatable bonds is 2. The molecule has 2 rings (SSSR count). The molecule has 16 heavy (non-hydrogen) atoms. The molecule has 1 aromatic rings. The lowest BCUT2D eigenvalue weighted by Crippen LogP contribution is -2.21. The highest BCUT2D eigenvalue weighted by molar-refractivity contribution is 6.31. The zero-order chi connectivity index (χ0) is 11.5. The van der Waals surface area contributed by atoms with E-state index in [1.165, 1.54) is 0 Å². The summed E-state index contributed by atoms with van der Waals surface area (Å²) in [5, 5.41) is -0.112. The molecule has 4 heteroatoms. The van der Waals surface area contributed by atoms with E-state index in [9.17, 15) is 8.78 Å². The summed E-state index contributed by atoms with van der Waals surface area (Å²) >= 11 is 5.75. The van der Waals surface area contributed by atoms with Crippen molar-refractivity contribution in [3.63, 3.8) is 0 Å². The molecule has 0 bridgehead atoms. The van der Waals surface area contributed by atoms with E-state index in [-0.39, 0.29) is 10.6 Å². The number of benzene rings is 1. The van der Waals surface area contributed by atoms with Gasteiger partial charge in [0.15, 0.2) is 0 Å². The molecule has 1 aliphatic heterocycles. The van der Waals surface area contributed by atoms with Gasteiger partial charge < -0.3 is 4.90 Å². The minimum absolute atomic E-state index is 0.112. The van der Waals surface area contributed by atoms with Gasteiger partial charge in [-0.3, -0.25) is 0 Å². The fourth-order valence-electron chi connectivity index (χ4n) is 1.76. The van der Waals surface area contributed by atoms with E-state index in [0.29, 0.717) is 6.54 Å². The summed E-state index contributed by atoms with van der Waals surface area (Å²) in [6, 6.07) is 2.16. The molecule has 0 radical (unpaired) electrons. The third-order valence-corrected chi connectivity index (χ3v) is 3.04. The normalized spacial score (nSPS) is 15.6. The molecule has 0 unspecified atom stereocenters. The fourth-order valence-corrected chi connectivity index (χ4v) is 1.97. The van der Waals surface area contributed by atoms with Crippen molar-refractivity contribution >= 4 is 11.6 Å². The first-order valence-corrected chi connectivity index (χ1v) is 5.59. The first-order valence-electron chi connectivity index (χ1n) is 5.21. The Labute approximate surface area is 98.3 Å². The predicted molar refractivity (Wildman–Crippen MR) is 60.2 cm³/mol. The molecule has 0 aromatic heterocycles. The minimum Gasteiger partial charge on any atom is -0.373 e. The van der Waals surface area contributed by atoms with Gasteiger partial charge in [0.2, 0.25) is 0 Å². The first-order chi connectivity index (χ1) is 7.68. The molecular weight excluding hydrogens is 232 g/mol. The van der Waals surface area contributed by atoms with Gasteiger partial charge in [-0.05, 0) is 31.2 Å². The van der Waals surface area contributed by atoms with E-state index >= 15 is 0 Å². The summed E-state index contributed by atoms with van der Waals surface area (Å²) < 4.78 is 26.7. The molecule has 0 saturated carbocycles. The summed E-state index contributed by atoms with van der Waals surface area (Å²) in [6.07, 6.45) is 6.00. The monoisotopic (exact) mass is 243 g/mol. The summed E-state index contributed by atoms with van der Waals surface area (Å²) in [5.41, 5.74) is 0.230. The number of allylic oxidation sites excluding steroid dienone is 1. The van der Waals surface area contributed by atoms with Gasteiger partial charge in [0.1, 0.15) is 11.6 Å². The van der Waals surface area contributed by atoms with Crippen molar-refractivity contribution in [2.45, 2.75) is 19.4 Å². The van der Waals surface area contributed by atoms with E-state index in [1.54, 1.807) is 0 Å². The highest BCUT2D eigenvalue weighted by atomic mass is 35.5. The van der Waals surface area contributed by atoms with E-state index in [0.717, 1.165) is 31.5 Å². The zero-order valence-electron chi connectivity index (χ0n) is 8.72. The predicted octanol–water partition coefficient (Wildman–Crippen LogP) is 3.73. The van der Waals surface area contributed by atoms with E-state index in [4.69, 9.17) is 11.6 Å². The lowest BCUT2D eigenvalue weighted by molar-refractivity contribution is 0.341. The molecule has 1 nitrogen and oxygen atoms in total. The highest BCUT2D eigenvalue weighted by Gasteiger charge is 2.14. The molecule has 0 amide bonds. The molecule has 0 fully saturated rings. The van der Waals surface area contributed by atoms with Gasteiger partial charge in [-0.25, -0.2) is 8.78 Å². The Bertz CT molecular complexity index is 418. The van der Waals surface area contributed by atoms with E-state index < -0.39 is 11.6 Å². The van der Waals surface area contributed by atoms with Crippen molar-refractivity contribution < 1.29 is 8.78 Å². The van der Waals surface area contributed by atoms with Crippen LogP contribution >= 0.6 is 11.6 Å². The molecule has 0 saturated heterocycles. The Hall–Kier alpha value is -1.09. The molecule has 86 valence electrons. The van der Waals surface area contributed by atoms with Crippen LogP contribution in [0.4, 0.5) is 8.78 Å². The molecule has 1 heterocycles. The van der Waals surface area contributed by atoms with Crippen molar-refractivity contribution in [2.75, 3.05) is 6.54 Å². The van der Waals surface area contributed by atoms with E-state index in [1.807, 2.05) is 17.2 Å². The van der Waals surface area contributed by atoms with Crippen molar-refractivity contribution in [1.82, 2.24) is 4.90 Å². The van der Waals surface area contributed by atoms with Crippen LogP contribution in [0.5, 0.6) is 0 Å². The standard InChI is InChI=1S/C12H12ClF2N/c13-12-9(10(14)4-5-11(12)15)8-16-6-2-1-3-7-16/h2,4-6H,1,3,7-8H2. The van der Waals surface area contributed by atoms with Crippen LogP contribution in [0.3, 0.4) is 0 Å². The minimum atomic E-state index is -0.570. The third kappa shape index (κ3) is 2.35. The number of hydrogen-bond donors (Lipinski definition) is 0. The first kappa shape index (κ1) is 11.4. The average molecular weight is 244 g/mol. The van der Waals surface area contributed by atoms with Crippen LogP contribution in [-0.4, -0.2) is 11.4 Å². The second-order valence-corrected chi connectivity index (χ2v) is 4.20. The Balaban J connectivity index is 2.23. The van der Waals surface area contributed by atoms with Crippen LogP contribution in [0.25, 0.3) is 0 Å². The maximum Gasteiger partial charge on any atom is 0.142 e. The smallest absolute Gasteiger partial charge is 0.142 e. The molecule has 0 N–H and O–H groups in total. The van der Waals surface area contributed by atoms with Crippen LogP contribution in [0.1, 0.15) is 18.4 Å². The second-order valence-electron chi connectivity index (χ2n) is 3.82. The second kappa shape index (κ2) is 4.83. The van der Waals surface area contributed by atoms with Crippen LogP contribution in [0.2, 0.25) is 5.02 Å². The van der Waals surface area contributed by atoms with Gasteiger partial charge in [0.05, 0.1) is 5.02 Å². The third-order valence-electron chi connectivity index (χ3n) is 2.63. The van der Waals surface area contributed by atoms with E-state index in [2.05, 4.69) is 0 Å². The molecule has 1 aliphatic rings. The van der Waals surface area contributed by atoms with Crippen molar-refractivity contribution in [2.24, 2.45) is 0 Å². The van der Waals surface area contributed by atoms with Gasteiger partial charge in [0.25, 0.3) is 0 Å². The van der Waals surface area contributed by atoms with Crippen LogP contribution in [-0.2, 0) is 6.54 Å². The SMILES string of the molecule is Fc1ccc(F)c(CN2C=CCCC2)c1Cl. The quantitative estimate of drug-likeness (QED) is 0.716. The maximum absolute atomic E-state index is 13.5. The van der Waals surface area contributed by atoms with Crippen molar-refractivity contribution in [3.8, 4) is 0 Å². The van der Waals surface area contributed by atoms with Crippen LogP contribution in [0.15, 0.2) is 24.4 Å². The molecule has 0 aliphatic carbocycles. The Morgan fingerprint density at radius 1 is 1.25 bits per heavy atom. The fraction of sp³-hybridized carbons (Fsp3) is 0.333. The number of nitrogens with zero attached hydrogens (tertiary/aromatic N) is 1. The Kier molecular flexibility index (Phi) is 3.44. The van der Waals surface area contributed by atoms with Crippen LogP contribution < -0.4 is 0 Å². The Morgan fingerprint density at radius 2 is 2.00 bits per heavy atom. The maximum atomic E-state index is 13.5. The number of hydrogen-bond acceptors (Lipinski definition) is 1. The lowest BCUT2D eigenvalue weighted by Gasteiger charge is -2.24. The Morgan fingerprint density at radius 3 is 2.69 bits per heavy atom. The molecule has 0 atom stereocenters. The summed E-state index contributed by atoms with van der Waals surface area (Å²) in [5.74, 6) is -1.02. The summed E-state index contributed by atoms with van der Waals surface area (Å²) in [6.45, 7) is 1.17. The van der Waals surface area contributed by atoms with Gasteiger partial charge in [-0.15, -0.1) is 0 Å². The summed E-state index contributed by atoms with van der Waals surface area (Å²) in [7, 11) is 0. The summed E-state index contributed by atoms with van der Waals surface area (Å²) in [4.78, 5) is 1.94. The van der Waals surface area contributed by atoms with Crippen molar-refractivity contribution in [3.05, 3.63) is 46.6 Å². The zero-order valence-corrected chi connectivity index (χ0v) is 9.47. The van der Waals surface area contributed by atoms with Gasteiger partial charge in [-0.1, -0.05) is 17.7 Å². The van der Waals surface area contributed by atoms with Crippen LogP contribution in [0, 0.1) is 11.6 Å². The molecule has 0 spiro atoms. The largest absolute Gasteiger partial charge is 0.373 e. The topological polar surface area (TPSA) is 3.24 Å². The van der Waals surface area contributed by atoms with Gasteiger partial charge in [0, 0.05) is 18.7 Å². The molecule has 1 aromatic carbocycles. The highest BCUT2D eigenvalue weighted by Crippen LogP contribution is 2.25. The lowest BCUT2D eigenvalue weighted by atomic mass is 10.1.